The van der Waals surface area contributed by atoms with Crippen LogP contribution < -0.4 is 0 Å². The fraction of sp³-hybridized carbons (Fsp3) is 0.467. The van der Waals surface area contributed by atoms with Crippen LogP contribution >= 0.6 is 11.8 Å². The number of hydrogen-bond acceptors (Lipinski definition) is 6. The van der Waals surface area contributed by atoms with Gasteiger partial charge in [-0.3, -0.25) is 9.59 Å². The van der Waals surface area contributed by atoms with Gasteiger partial charge >= 0.3 is 5.97 Å². The van der Waals surface area contributed by atoms with E-state index in [9.17, 15) is 14.9 Å². The third kappa shape index (κ3) is 4.57. The number of rotatable bonds is 6. The molecule has 21 heavy (non-hydrogen) atoms. The van der Waals surface area contributed by atoms with E-state index in [-0.39, 0.29) is 24.6 Å². The zero-order valence-electron chi connectivity index (χ0n) is 12.6. The number of nitrogens with zero attached hydrogens (tertiary/aromatic N) is 2. The summed E-state index contributed by atoms with van der Waals surface area (Å²) in [5.41, 5.74) is 3.19. The van der Waals surface area contributed by atoms with Gasteiger partial charge in [-0.2, -0.15) is 5.26 Å². The number of aryl methyl sites for hydroxylation is 1. The molecule has 1 rings (SSSR count). The summed E-state index contributed by atoms with van der Waals surface area (Å²) < 4.78 is 4.73. The number of aromatic nitrogens is 1. The Morgan fingerprint density at radius 3 is 2.52 bits per heavy atom. The minimum atomic E-state index is -0.521. The summed E-state index contributed by atoms with van der Waals surface area (Å²) in [5.74, 6) is -0.657. The molecule has 0 bridgehead atoms. The zero-order valence-corrected chi connectivity index (χ0v) is 13.5. The van der Waals surface area contributed by atoms with Crippen molar-refractivity contribution in [3.8, 4) is 6.07 Å². The molecular formula is C15H18N2O3S. The second kappa shape index (κ2) is 7.79. The van der Waals surface area contributed by atoms with Gasteiger partial charge in [0.1, 0.15) is 17.5 Å². The minimum absolute atomic E-state index is 0.0996. The van der Waals surface area contributed by atoms with Crippen LogP contribution in [0.15, 0.2) is 5.03 Å². The van der Waals surface area contributed by atoms with Crippen molar-refractivity contribution in [1.82, 2.24) is 4.98 Å². The van der Waals surface area contributed by atoms with Crippen molar-refractivity contribution in [2.45, 2.75) is 39.1 Å². The van der Waals surface area contributed by atoms with E-state index >= 15 is 0 Å². The van der Waals surface area contributed by atoms with Crippen LogP contribution in [-0.4, -0.2) is 29.1 Å². The monoisotopic (exact) mass is 306 g/mol. The predicted octanol–water partition coefficient (Wildman–Crippen LogP) is 2.49. The Hall–Kier alpha value is -1.87. The van der Waals surface area contributed by atoms with Gasteiger partial charge in [0, 0.05) is 5.69 Å². The van der Waals surface area contributed by atoms with Crippen LogP contribution in [0.25, 0.3) is 0 Å². The lowest BCUT2D eigenvalue weighted by Crippen LogP contribution is -2.13. The highest BCUT2D eigenvalue weighted by Gasteiger charge is 2.16. The Balaban J connectivity index is 2.79. The maximum atomic E-state index is 11.7. The molecule has 0 saturated carbocycles. The summed E-state index contributed by atoms with van der Waals surface area (Å²) in [4.78, 5) is 27.3. The lowest BCUT2D eigenvalue weighted by molar-refractivity contribution is -0.145. The number of Topliss-reactive ketones (excluding diaryl/α,β-unsaturated/α-hetero) is 1. The highest BCUT2D eigenvalue weighted by atomic mass is 32.2. The standard InChI is InChI=1S/C15H18N2O3S/c1-5-20-14(19)6-12(18)8-21-15-13(7-16)10(3)9(2)11(4)17-15/h5-6,8H2,1-4H3. The number of carbonyl (C=O) groups is 2. The fourth-order valence-electron chi connectivity index (χ4n) is 1.72. The fourth-order valence-corrected chi connectivity index (χ4v) is 2.66. The van der Waals surface area contributed by atoms with Gasteiger partial charge in [-0.1, -0.05) is 11.8 Å². The number of thioether (sulfide) groups is 1. The molecule has 0 unspecified atom stereocenters. The first-order chi connectivity index (χ1) is 9.90. The molecule has 0 aliphatic carbocycles. The van der Waals surface area contributed by atoms with Crippen LogP contribution in [0, 0.1) is 32.1 Å². The maximum absolute atomic E-state index is 11.7. The summed E-state index contributed by atoms with van der Waals surface area (Å²) in [6, 6.07) is 2.13. The normalized spacial score (nSPS) is 10.0. The van der Waals surface area contributed by atoms with Crippen LogP contribution in [0.2, 0.25) is 0 Å². The van der Waals surface area contributed by atoms with Crippen molar-refractivity contribution in [3.63, 3.8) is 0 Å². The van der Waals surface area contributed by atoms with Crippen molar-refractivity contribution in [2.75, 3.05) is 12.4 Å². The first-order valence-electron chi connectivity index (χ1n) is 6.58. The van der Waals surface area contributed by atoms with Crippen LogP contribution in [-0.2, 0) is 14.3 Å². The van der Waals surface area contributed by atoms with Gasteiger partial charge < -0.3 is 4.74 Å². The van der Waals surface area contributed by atoms with E-state index in [1.165, 1.54) is 11.8 Å². The maximum Gasteiger partial charge on any atom is 0.313 e. The van der Waals surface area contributed by atoms with Crippen LogP contribution in [0.1, 0.15) is 35.7 Å². The number of esters is 1. The van der Waals surface area contributed by atoms with E-state index in [4.69, 9.17) is 4.74 Å². The van der Waals surface area contributed by atoms with Crippen LogP contribution in [0.4, 0.5) is 0 Å². The van der Waals surface area contributed by atoms with Gasteiger partial charge in [0.2, 0.25) is 0 Å². The molecule has 0 fully saturated rings. The molecule has 0 aliphatic rings. The largest absolute Gasteiger partial charge is 0.466 e. The van der Waals surface area contributed by atoms with E-state index in [1.54, 1.807) is 6.92 Å². The summed E-state index contributed by atoms with van der Waals surface area (Å²) in [6.07, 6.45) is -0.243. The molecule has 1 heterocycles. The van der Waals surface area contributed by atoms with Gasteiger partial charge in [0.05, 0.1) is 17.9 Å². The number of pyridine rings is 1. The second-order valence-corrected chi connectivity index (χ2v) is 5.51. The third-order valence-electron chi connectivity index (χ3n) is 3.09. The van der Waals surface area contributed by atoms with E-state index in [0.717, 1.165) is 16.8 Å². The van der Waals surface area contributed by atoms with E-state index in [1.807, 2.05) is 20.8 Å². The molecule has 0 saturated heterocycles. The van der Waals surface area contributed by atoms with E-state index < -0.39 is 5.97 Å². The van der Waals surface area contributed by atoms with Gasteiger partial charge in [-0.15, -0.1) is 0 Å². The molecule has 0 atom stereocenters. The topological polar surface area (TPSA) is 80.1 Å². The Bertz CT molecular complexity index is 606. The quantitative estimate of drug-likeness (QED) is 0.456. The number of ketones is 1. The first-order valence-corrected chi connectivity index (χ1v) is 7.57. The molecule has 6 heteroatoms. The highest BCUT2D eigenvalue weighted by molar-refractivity contribution is 8.00. The Morgan fingerprint density at radius 1 is 1.29 bits per heavy atom. The lowest BCUT2D eigenvalue weighted by Gasteiger charge is -2.10. The van der Waals surface area contributed by atoms with Crippen molar-refractivity contribution < 1.29 is 14.3 Å². The molecule has 0 spiro atoms. The highest BCUT2D eigenvalue weighted by Crippen LogP contribution is 2.26. The Labute approximate surface area is 128 Å². The number of carbonyl (C=O) groups excluding carboxylic acids is 2. The van der Waals surface area contributed by atoms with E-state index in [0.29, 0.717) is 10.6 Å². The molecule has 0 amide bonds. The smallest absolute Gasteiger partial charge is 0.313 e. The zero-order chi connectivity index (χ0) is 16.0. The van der Waals surface area contributed by atoms with Crippen molar-refractivity contribution in [1.29, 1.82) is 5.26 Å². The van der Waals surface area contributed by atoms with Crippen molar-refractivity contribution >= 4 is 23.5 Å². The van der Waals surface area contributed by atoms with Crippen LogP contribution in [0.3, 0.4) is 0 Å². The average molecular weight is 306 g/mol. The molecule has 5 nitrogen and oxygen atoms in total. The molecular weight excluding hydrogens is 288 g/mol. The van der Waals surface area contributed by atoms with Crippen LogP contribution in [0.5, 0.6) is 0 Å². The SMILES string of the molecule is CCOC(=O)CC(=O)CSc1nc(C)c(C)c(C)c1C#N. The molecule has 0 aliphatic heterocycles. The van der Waals surface area contributed by atoms with Crippen molar-refractivity contribution in [3.05, 3.63) is 22.4 Å². The number of nitriles is 1. The van der Waals surface area contributed by atoms with E-state index in [2.05, 4.69) is 11.1 Å². The lowest BCUT2D eigenvalue weighted by atomic mass is 10.1. The number of hydrogen-bond donors (Lipinski definition) is 0. The average Bonchev–Trinajstić information content (AvgIpc) is 2.43. The first kappa shape index (κ1) is 17.2. The second-order valence-electron chi connectivity index (χ2n) is 4.55. The minimum Gasteiger partial charge on any atom is -0.466 e. The van der Waals surface area contributed by atoms with Gasteiger partial charge in [0.25, 0.3) is 0 Å². The molecule has 0 N–H and O–H groups in total. The summed E-state index contributed by atoms with van der Waals surface area (Å²) >= 11 is 1.19. The summed E-state index contributed by atoms with van der Waals surface area (Å²) in [7, 11) is 0. The van der Waals surface area contributed by atoms with Gasteiger partial charge in [0.15, 0.2) is 5.78 Å². The molecule has 0 aromatic carbocycles. The van der Waals surface area contributed by atoms with Gasteiger partial charge in [-0.25, -0.2) is 4.98 Å². The molecule has 0 radical (unpaired) electrons. The summed E-state index contributed by atoms with van der Waals surface area (Å²) in [5, 5.41) is 9.77. The predicted molar refractivity (Wildman–Crippen MR) is 80.1 cm³/mol. The molecule has 1 aromatic rings. The van der Waals surface area contributed by atoms with Gasteiger partial charge in [-0.05, 0) is 38.8 Å². The number of ether oxygens (including phenoxy) is 1. The third-order valence-corrected chi connectivity index (χ3v) is 4.13. The molecule has 1 aromatic heterocycles. The van der Waals surface area contributed by atoms with Crippen molar-refractivity contribution in [2.24, 2.45) is 0 Å². The summed E-state index contributed by atoms with van der Waals surface area (Å²) in [6.45, 7) is 7.60. The Morgan fingerprint density at radius 2 is 1.95 bits per heavy atom. The Kier molecular flexibility index (Phi) is 6.38. The molecule has 112 valence electrons.